The topological polar surface area (TPSA) is 35.2 Å². The molecule has 2 nitrogen and oxygen atoms in total. The molecule has 1 aliphatic carbocycles. The van der Waals surface area contributed by atoms with Gasteiger partial charge in [0, 0.05) is 6.04 Å². The Morgan fingerprint density at radius 2 is 1.94 bits per heavy atom. The lowest BCUT2D eigenvalue weighted by atomic mass is 9.87. The Morgan fingerprint density at radius 1 is 1.24 bits per heavy atom. The van der Waals surface area contributed by atoms with Gasteiger partial charge in [-0.2, -0.15) is 0 Å². The van der Waals surface area contributed by atoms with Crippen LogP contribution in [0.25, 0.3) is 0 Å². The molecule has 0 amide bonds. The number of ether oxygens (including phenoxy) is 1. The summed E-state index contributed by atoms with van der Waals surface area (Å²) in [5, 5.41) is 0. The van der Waals surface area contributed by atoms with E-state index in [4.69, 9.17) is 10.5 Å². The summed E-state index contributed by atoms with van der Waals surface area (Å²) in [4.78, 5) is 0. The Bertz CT molecular complexity index is 371. The molecule has 0 radical (unpaired) electrons. The first kappa shape index (κ1) is 12.4. The smallest absolute Gasteiger partial charge is 0.120 e. The number of rotatable bonds is 5. The monoisotopic (exact) mass is 233 g/mol. The fraction of sp³-hybridized carbons (Fsp3) is 0.600. The van der Waals surface area contributed by atoms with Crippen LogP contribution in [0.4, 0.5) is 0 Å². The zero-order valence-corrected chi connectivity index (χ0v) is 11.0. The molecule has 1 aliphatic rings. The van der Waals surface area contributed by atoms with Gasteiger partial charge in [0.2, 0.25) is 0 Å². The minimum Gasteiger partial charge on any atom is -0.490 e. The molecule has 2 N–H and O–H groups in total. The van der Waals surface area contributed by atoms with Gasteiger partial charge in [-0.3, -0.25) is 0 Å². The Labute approximate surface area is 104 Å². The van der Waals surface area contributed by atoms with E-state index in [1.54, 1.807) is 0 Å². The molecule has 0 aromatic heterocycles. The normalized spacial score (nSPS) is 19.1. The fourth-order valence-corrected chi connectivity index (χ4v) is 1.89. The van der Waals surface area contributed by atoms with Gasteiger partial charge >= 0.3 is 0 Å². The molecule has 2 heteroatoms. The maximum Gasteiger partial charge on any atom is 0.120 e. The molecule has 0 bridgehead atoms. The van der Waals surface area contributed by atoms with Crippen molar-refractivity contribution < 1.29 is 4.74 Å². The molecule has 0 spiro atoms. The molecule has 1 fully saturated rings. The van der Waals surface area contributed by atoms with Crippen molar-refractivity contribution in [3.05, 3.63) is 29.8 Å². The predicted molar refractivity (Wildman–Crippen MR) is 71.0 cm³/mol. The van der Waals surface area contributed by atoms with Crippen LogP contribution in [-0.2, 0) is 0 Å². The van der Waals surface area contributed by atoms with Gasteiger partial charge in [0.25, 0.3) is 0 Å². The minimum atomic E-state index is 0.0951. The van der Waals surface area contributed by atoms with Crippen molar-refractivity contribution in [2.75, 3.05) is 0 Å². The molecular weight excluding hydrogens is 210 g/mol. The maximum atomic E-state index is 6.30. The first-order chi connectivity index (χ1) is 8.08. The van der Waals surface area contributed by atoms with Gasteiger partial charge < -0.3 is 10.5 Å². The van der Waals surface area contributed by atoms with E-state index in [2.05, 4.69) is 32.9 Å². The fourth-order valence-electron chi connectivity index (χ4n) is 1.89. The standard InChI is InChI=1S/C15H23NO/c1-10(2)11(3)15(16)12-5-4-6-14(9-12)17-13-7-8-13/h4-6,9-11,13,15H,7-8,16H2,1-3H3. The summed E-state index contributed by atoms with van der Waals surface area (Å²) in [6.07, 6.45) is 2.83. The van der Waals surface area contributed by atoms with Crippen molar-refractivity contribution in [1.29, 1.82) is 0 Å². The van der Waals surface area contributed by atoms with Crippen LogP contribution >= 0.6 is 0 Å². The lowest BCUT2D eigenvalue weighted by molar-refractivity contribution is 0.301. The minimum absolute atomic E-state index is 0.0951. The predicted octanol–water partition coefficient (Wildman–Crippen LogP) is 3.52. The first-order valence-corrected chi connectivity index (χ1v) is 6.60. The summed E-state index contributed by atoms with van der Waals surface area (Å²) >= 11 is 0. The quantitative estimate of drug-likeness (QED) is 0.844. The third-order valence-corrected chi connectivity index (χ3v) is 3.69. The molecule has 0 heterocycles. The van der Waals surface area contributed by atoms with Gasteiger partial charge in [-0.1, -0.05) is 32.9 Å². The van der Waals surface area contributed by atoms with Gasteiger partial charge in [0.15, 0.2) is 0 Å². The number of hydrogen-bond donors (Lipinski definition) is 1. The second kappa shape index (κ2) is 5.09. The van der Waals surface area contributed by atoms with E-state index < -0.39 is 0 Å². The number of nitrogens with two attached hydrogens (primary N) is 1. The molecule has 0 aliphatic heterocycles. The van der Waals surface area contributed by atoms with Gasteiger partial charge in [-0.25, -0.2) is 0 Å². The molecule has 1 aromatic carbocycles. The highest BCUT2D eigenvalue weighted by Gasteiger charge is 2.24. The van der Waals surface area contributed by atoms with Crippen molar-refractivity contribution >= 4 is 0 Å². The van der Waals surface area contributed by atoms with Crippen molar-refractivity contribution in [2.45, 2.75) is 45.8 Å². The third-order valence-electron chi connectivity index (χ3n) is 3.69. The van der Waals surface area contributed by atoms with Crippen LogP contribution in [0.5, 0.6) is 5.75 Å². The second-order valence-electron chi connectivity index (χ2n) is 5.52. The molecule has 2 rings (SSSR count). The van der Waals surface area contributed by atoms with Crippen LogP contribution in [-0.4, -0.2) is 6.10 Å². The number of hydrogen-bond acceptors (Lipinski definition) is 2. The van der Waals surface area contributed by atoms with Crippen LogP contribution in [0.3, 0.4) is 0 Å². The summed E-state index contributed by atoms with van der Waals surface area (Å²) in [7, 11) is 0. The molecular formula is C15H23NO. The molecule has 2 unspecified atom stereocenters. The molecule has 17 heavy (non-hydrogen) atoms. The summed E-state index contributed by atoms with van der Waals surface area (Å²) in [6.45, 7) is 6.65. The lowest BCUT2D eigenvalue weighted by Crippen LogP contribution is -2.23. The largest absolute Gasteiger partial charge is 0.490 e. The average Bonchev–Trinajstić information content (AvgIpc) is 3.11. The van der Waals surface area contributed by atoms with Crippen molar-refractivity contribution in [2.24, 2.45) is 17.6 Å². The van der Waals surface area contributed by atoms with Crippen LogP contribution in [0, 0.1) is 11.8 Å². The highest BCUT2D eigenvalue weighted by atomic mass is 16.5. The zero-order valence-electron chi connectivity index (χ0n) is 11.0. The molecule has 1 saturated carbocycles. The molecule has 2 atom stereocenters. The van der Waals surface area contributed by atoms with Crippen LogP contribution in [0.1, 0.15) is 45.2 Å². The maximum absolute atomic E-state index is 6.30. The third kappa shape index (κ3) is 3.22. The van der Waals surface area contributed by atoms with Gasteiger partial charge in [-0.05, 0) is 42.4 Å². The van der Waals surface area contributed by atoms with E-state index >= 15 is 0 Å². The van der Waals surface area contributed by atoms with Crippen molar-refractivity contribution in [3.63, 3.8) is 0 Å². The summed E-state index contributed by atoms with van der Waals surface area (Å²) in [5.74, 6) is 2.04. The van der Waals surface area contributed by atoms with Crippen molar-refractivity contribution in [1.82, 2.24) is 0 Å². The molecule has 94 valence electrons. The Hall–Kier alpha value is -1.02. The Morgan fingerprint density at radius 3 is 2.53 bits per heavy atom. The van der Waals surface area contributed by atoms with Crippen LogP contribution in [0.15, 0.2) is 24.3 Å². The van der Waals surface area contributed by atoms with E-state index in [1.165, 1.54) is 18.4 Å². The average molecular weight is 233 g/mol. The Balaban J connectivity index is 2.08. The van der Waals surface area contributed by atoms with E-state index in [0.717, 1.165) is 5.75 Å². The van der Waals surface area contributed by atoms with E-state index in [1.807, 2.05) is 12.1 Å². The van der Waals surface area contributed by atoms with Crippen molar-refractivity contribution in [3.8, 4) is 5.75 Å². The summed E-state index contributed by atoms with van der Waals surface area (Å²) in [6, 6.07) is 8.36. The number of benzene rings is 1. The first-order valence-electron chi connectivity index (χ1n) is 6.60. The molecule has 0 saturated heterocycles. The van der Waals surface area contributed by atoms with Crippen LogP contribution < -0.4 is 10.5 Å². The van der Waals surface area contributed by atoms with Gasteiger partial charge in [-0.15, -0.1) is 0 Å². The SMILES string of the molecule is CC(C)C(C)C(N)c1cccc(OC2CC2)c1. The van der Waals surface area contributed by atoms with E-state index in [-0.39, 0.29) is 6.04 Å². The van der Waals surface area contributed by atoms with Crippen LogP contribution in [0.2, 0.25) is 0 Å². The van der Waals surface area contributed by atoms with Gasteiger partial charge in [0.05, 0.1) is 6.10 Å². The lowest BCUT2D eigenvalue weighted by Gasteiger charge is -2.24. The zero-order chi connectivity index (χ0) is 12.4. The van der Waals surface area contributed by atoms with E-state index in [9.17, 15) is 0 Å². The highest BCUT2D eigenvalue weighted by Crippen LogP contribution is 2.30. The second-order valence-corrected chi connectivity index (χ2v) is 5.52. The summed E-state index contributed by atoms with van der Waals surface area (Å²) < 4.78 is 5.80. The van der Waals surface area contributed by atoms with Gasteiger partial charge in [0.1, 0.15) is 5.75 Å². The highest BCUT2D eigenvalue weighted by molar-refractivity contribution is 5.31. The molecule has 1 aromatic rings. The Kier molecular flexibility index (Phi) is 3.72. The summed E-state index contributed by atoms with van der Waals surface area (Å²) in [5.41, 5.74) is 7.48. The van der Waals surface area contributed by atoms with E-state index in [0.29, 0.717) is 17.9 Å².